The first kappa shape index (κ1) is 13.9. The lowest BCUT2D eigenvalue weighted by Crippen LogP contribution is -2.39. The number of thiophene rings is 1. The Hall–Kier alpha value is -1.69. The monoisotopic (exact) mass is 317 g/mol. The minimum Gasteiger partial charge on any atom is -0.337 e. The normalized spacial score (nSPS) is 22.0. The predicted molar refractivity (Wildman–Crippen MR) is 82.6 cm³/mol. The van der Waals surface area contributed by atoms with Crippen LogP contribution in [0.3, 0.4) is 0 Å². The first-order chi connectivity index (χ1) is 10.8. The average Bonchev–Trinajstić information content (AvgIpc) is 3.06. The number of rotatable bonds is 4. The van der Waals surface area contributed by atoms with Crippen molar-refractivity contribution >= 4 is 17.2 Å². The molecule has 1 unspecified atom stereocenters. The molecule has 2 aromatic rings. The van der Waals surface area contributed by atoms with Crippen molar-refractivity contribution in [2.45, 2.75) is 50.5 Å². The van der Waals surface area contributed by atoms with E-state index in [1.165, 1.54) is 0 Å². The number of carbonyl (C=O) groups excluding carboxylic acids is 1. The molecule has 4 rings (SSSR count). The van der Waals surface area contributed by atoms with Gasteiger partial charge in [-0.25, -0.2) is 0 Å². The number of hydrogen-bond acceptors (Lipinski definition) is 5. The second-order valence-electron chi connectivity index (χ2n) is 6.12. The summed E-state index contributed by atoms with van der Waals surface area (Å²) in [6, 6.07) is 3.96. The van der Waals surface area contributed by atoms with Gasteiger partial charge in [0.25, 0.3) is 0 Å². The Labute approximate surface area is 133 Å². The van der Waals surface area contributed by atoms with Crippen molar-refractivity contribution in [2.24, 2.45) is 0 Å². The molecule has 1 atom stereocenters. The first-order valence-electron chi connectivity index (χ1n) is 7.96. The van der Waals surface area contributed by atoms with Crippen LogP contribution in [0.1, 0.15) is 60.7 Å². The molecule has 5 nitrogen and oxygen atoms in total. The summed E-state index contributed by atoms with van der Waals surface area (Å²) in [6.07, 6.45) is 5.86. The Kier molecular flexibility index (Phi) is 3.70. The van der Waals surface area contributed by atoms with Gasteiger partial charge in [0.1, 0.15) is 6.04 Å². The Morgan fingerprint density at radius 3 is 3.05 bits per heavy atom. The molecule has 2 aromatic heterocycles. The van der Waals surface area contributed by atoms with Crippen molar-refractivity contribution < 1.29 is 9.32 Å². The zero-order valence-corrected chi connectivity index (χ0v) is 13.2. The van der Waals surface area contributed by atoms with Gasteiger partial charge < -0.3 is 9.42 Å². The Morgan fingerprint density at radius 2 is 2.27 bits per heavy atom. The number of hydrogen-bond donors (Lipinski definition) is 0. The largest absolute Gasteiger partial charge is 0.337 e. The van der Waals surface area contributed by atoms with E-state index in [1.807, 2.05) is 22.4 Å². The molecule has 0 N–H and O–H groups in total. The van der Waals surface area contributed by atoms with E-state index in [4.69, 9.17) is 4.52 Å². The second-order valence-corrected chi connectivity index (χ2v) is 7.15. The fourth-order valence-electron chi connectivity index (χ4n) is 3.04. The standard InChI is InChI=1S/C16H19N3O2S/c20-14(10-12-4-3-9-22-12)19-8-2-1-5-13(19)16-17-15(18-21-16)11-6-7-11/h3-4,9,11,13H,1-2,5-8,10H2. The second kappa shape index (κ2) is 5.83. The topological polar surface area (TPSA) is 59.2 Å². The fraction of sp³-hybridized carbons (Fsp3) is 0.562. The lowest BCUT2D eigenvalue weighted by Gasteiger charge is -2.33. The highest BCUT2D eigenvalue weighted by Crippen LogP contribution is 2.39. The predicted octanol–water partition coefficient (Wildman–Crippen LogP) is 3.30. The Balaban J connectivity index is 1.51. The molecule has 3 heterocycles. The minimum atomic E-state index is -0.0405. The molecular weight excluding hydrogens is 298 g/mol. The molecular formula is C16H19N3O2S. The van der Waals surface area contributed by atoms with Crippen LogP contribution in [0.4, 0.5) is 0 Å². The number of amides is 1. The minimum absolute atomic E-state index is 0.0405. The van der Waals surface area contributed by atoms with Crippen LogP contribution in [0.15, 0.2) is 22.0 Å². The van der Waals surface area contributed by atoms with E-state index in [9.17, 15) is 4.79 Å². The lowest BCUT2D eigenvalue weighted by molar-refractivity contribution is -0.134. The molecule has 0 bridgehead atoms. The van der Waals surface area contributed by atoms with E-state index < -0.39 is 0 Å². The van der Waals surface area contributed by atoms with Gasteiger partial charge in [-0.1, -0.05) is 11.2 Å². The van der Waals surface area contributed by atoms with E-state index >= 15 is 0 Å². The molecule has 0 aromatic carbocycles. The van der Waals surface area contributed by atoms with Crippen LogP contribution in [0.25, 0.3) is 0 Å². The molecule has 1 saturated carbocycles. The highest BCUT2D eigenvalue weighted by Gasteiger charge is 2.34. The molecule has 2 aliphatic rings. The van der Waals surface area contributed by atoms with Crippen LogP contribution in [0.2, 0.25) is 0 Å². The van der Waals surface area contributed by atoms with Gasteiger partial charge in [-0.15, -0.1) is 11.3 Å². The van der Waals surface area contributed by atoms with E-state index in [0.29, 0.717) is 18.2 Å². The Bertz CT molecular complexity index is 648. The highest BCUT2D eigenvalue weighted by atomic mass is 32.1. The molecule has 1 amide bonds. The van der Waals surface area contributed by atoms with Gasteiger partial charge in [0, 0.05) is 17.3 Å². The summed E-state index contributed by atoms with van der Waals surface area (Å²) in [6.45, 7) is 0.788. The number of piperidine rings is 1. The zero-order valence-electron chi connectivity index (χ0n) is 12.4. The maximum atomic E-state index is 12.6. The third-order valence-corrected chi connectivity index (χ3v) is 5.29. The summed E-state index contributed by atoms with van der Waals surface area (Å²) >= 11 is 1.63. The summed E-state index contributed by atoms with van der Waals surface area (Å²) in [5.74, 6) is 2.10. The summed E-state index contributed by atoms with van der Waals surface area (Å²) in [4.78, 5) is 20.2. The van der Waals surface area contributed by atoms with Crippen molar-refractivity contribution in [3.05, 3.63) is 34.1 Å². The summed E-state index contributed by atoms with van der Waals surface area (Å²) in [7, 11) is 0. The van der Waals surface area contributed by atoms with E-state index in [2.05, 4.69) is 10.1 Å². The third kappa shape index (κ3) is 2.79. The SMILES string of the molecule is O=C(Cc1cccs1)N1CCCCC1c1nc(C2CC2)no1. The molecule has 6 heteroatoms. The van der Waals surface area contributed by atoms with E-state index in [-0.39, 0.29) is 11.9 Å². The van der Waals surface area contributed by atoms with Crippen LogP contribution >= 0.6 is 11.3 Å². The van der Waals surface area contributed by atoms with Crippen LogP contribution in [-0.2, 0) is 11.2 Å². The van der Waals surface area contributed by atoms with Crippen molar-refractivity contribution in [1.29, 1.82) is 0 Å². The highest BCUT2D eigenvalue weighted by molar-refractivity contribution is 7.10. The zero-order chi connectivity index (χ0) is 14.9. The van der Waals surface area contributed by atoms with Gasteiger partial charge in [0.05, 0.1) is 6.42 Å². The molecule has 22 heavy (non-hydrogen) atoms. The van der Waals surface area contributed by atoms with E-state index in [1.54, 1.807) is 11.3 Å². The van der Waals surface area contributed by atoms with Crippen LogP contribution in [0.5, 0.6) is 0 Å². The first-order valence-corrected chi connectivity index (χ1v) is 8.84. The van der Waals surface area contributed by atoms with Crippen molar-refractivity contribution in [1.82, 2.24) is 15.0 Å². The molecule has 116 valence electrons. The maximum Gasteiger partial charge on any atom is 0.249 e. The van der Waals surface area contributed by atoms with E-state index in [0.717, 1.165) is 49.4 Å². The number of aromatic nitrogens is 2. The fourth-order valence-corrected chi connectivity index (χ4v) is 3.74. The van der Waals surface area contributed by atoms with Crippen molar-refractivity contribution in [3.63, 3.8) is 0 Å². The maximum absolute atomic E-state index is 12.6. The molecule has 0 spiro atoms. The molecule has 1 saturated heterocycles. The van der Waals surface area contributed by atoms with Crippen LogP contribution in [0, 0.1) is 0 Å². The van der Waals surface area contributed by atoms with Crippen molar-refractivity contribution in [2.75, 3.05) is 6.54 Å². The number of likely N-dealkylation sites (tertiary alicyclic amines) is 1. The van der Waals surface area contributed by atoms with Gasteiger partial charge in [-0.2, -0.15) is 4.98 Å². The molecule has 2 fully saturated rings. The molecule has 1 aliphatic carbocycles. The number of carbonyl (C=O) groups is 1. The third-order valence-electron chi connectivity index (χ3n) is 4.41. The summed E-state index contributed by atoms with van der Waals surface area (Å²) in [5, 5.41) is 6.11. The lowest BCUT2D eigenvalue weighted by atomic mass is 10.0. The Morgan fingerprint density at radius 1 is 1.36 bits per heavy atom. The van der Waals surface area contributed by atoms with Crippen molar-refractivity contribution in [3.8, 4) is 0 Å². The quantitative estimate of drug-likeness (QED) is 0.868. The summed E-state index contributed by atoms with van der Waals surface area (Å²) < 4.78 is 5.47. The van der Waals surface area contributed by atoms with Crippen LogP contribution in [-0.4, -0.2) is 27.5 Å². The average molecular weight is 317 g/mol. The van der Waals surface area contributed by atoms with Gasteiger partial charge in [0.15, 0.2) is 5.82 Å². The molecule has 1 aliphatic heterocycles. The van der Waals surface area contributed by atoms with Gasteiger partial charge in [-0.3, -0.25) is 4.79 Å². The number of nitrogens with zero attached hydrogens (tertiary/aromatic N) is 3. The molecule has 0 radical (unpaired) electrons. The summed E-state index contributed by atoms with van der Waals surface area (Å²) in [5.41, 5.74) is 0. The smallest absolute Gasteiger partial charge is 0.249 e. The van der Waals surface area contributed by atoms with Gasteiger partial charge >= 0.3 is 0 Å². The van der Waals surface area contributed by atoms with Gasteiger partial charge in [0.2, 0.25) is 11.8 Å². The van der Waals surface area contributed by atoms with Crippen LogP contribution < -0.4 is 0 Å². The van der Waals surface area contributed by atoms with Gasteiger partial charge in [-0.05, 0) is 43.6 Å².